The van der Waals surface area contributed by atoms with Crippen LogP contribution in [0.5, 0.6) is 0 Å². The molecule has 5 rings (SSSR count). The van der Waals surface area contributed by atoms with Crippen LogP contribution in [0.4, 0.5) is 5.95 Å². The lowest BCUT2D eigenvalue weighted by Gasteiger charge is -2.21. The highest BCUT2D eigenvalue weighted by molar-refractivity contribution is 5.88. The van der Waals surface area contributed by atoms with Crippen LogP contribution in [0.15, 0.2) is 55.0 Å². The zero-order valence-electron chi connectivity index (χ0n) is 15.3. The maximum atomic E-state index is 4.65. The standard InChI is InChI=1S/C22H23N5/c1-2-5-16(6-3-1)14-24-22-25-15-21-19(10-12-27(21)26-22)17-8-9-20-18(13-17)7-4-11-23-20/h4,7-13,15-16H,1-3,5-6,14H2,(H,24,26). The molecular formula is C22H23N5. The van der Waals surface area contributed by atoms with Gasteiger partial charge in [0.2, 0.25) is 5.95 Å². The summed E-state index contributed by atoms with van der Waals surface area (Å²) >= 11 is 0. The Hall–Kier alpha value is -2.95. The first-order chi connectivity index (χ1) is 13.4. The monoisotopic (exact) mass is 357 g/mol. The summed E-state index contributed by atoms with van der Waals surface area (Å²) < 4.78 is 1.92. The number of hydrogen-bond donors (Lipinski definition) is 1. The Kier molecular flexibility index (Phi) is 4.20. The Balaban J connectivity index is 1.40. The Morgan fingerprint density at radius 3 is 2.89 bits per heavy atom. The van der Waals surface area contributed by atoms with Gasteiger partial charge in [-0.15, -0.1) is 5.10 Å². The average molecular weight is 357 g/mol. The predicted octanol–water partition coefficient (Wildman–Crippen LogP) is 4.94. The first-order valence-electron chi connectivity index (χ1n) is 9.80. The van der Waals surface area contributed by atoms with Crippen molar-refractivity contribution >= 4 is 22.4 Å². The minimum Gasteiger partial charge on any atom is -0.353 e. The molecule has 0 radical (unpaired) electrons. The molecule has 0 amide bonds. The van der Waals surface area contributed by atoms with Crippen LogP contribution in [-0.4, -0.2) is 26.1 Å². The second-order valence-electron chi connectivity index (χ2n) is 7.44. The summed E-state index contributed by atoms with van der Waals surface area (Å²) in [6.07, 6.45) is 12.5. The van der Waals surface area contributed by atoms with Gasteiger partial charge >= 0.3 is 0 Å². The highest BCUT2D eigenvalue weighted by Crippen LogP contribution is 2.28. The Bertz CT molecular complexity index is 1080. The Labute approximate surface area is 158 Å². The zero-order valence-corrected chi connectivity index (χ0v) is 15.3. The number of benzene rings is 1. The molecule has 4 aromatic rings. The van der Waals surface area contributed by atoms with Gasteiger partial charge in [-0.3, -0.25) is 4.98 Å². The van der Waals surface area contributed by atoms with E-state index < -0.39 is 0 Å². The zero-order chi connectivity index (χ0) is 18.1. The molecule has 0 bridgehead atoms. The number of rotatable bonds is 4. The average Bonchev–Trinajstić information content (AvgIpc) is 3.16. The number of fused-ring (bicyclic) bond motifs is 2. The first-order valence-corrected chi connectivity index (χ1v) is 9.80. The molecule has 5 nitrogen and oxygen atoms in total. The van der Waals surface area contributed by atoms with E-state index in [0.29, 0.717) is 5.95 Å². The van der Waals surface area contributed by atoms with Crippen LogP contribution < -0.4 is 5.32 Å². The summed E-state index contributed by atoms with van der Waals surface area (Å²) in [5.74, 6) is 1.46. The highest BCUT2D eigenvalue weighted by atomic mass is 15.3. The Morgan fingerprint density at radius 1 is 1.04 bits per heavy atom. The van der Waals surface area contributed by atoms with Crippen molar-refractivity contribution in [1.82, 2.24) is 19.6 Å². The smallest absolute Gasteiger partial charge is 0.241 e. The van der Waals surface area contributed by atoms with Gasteiger partial charge < -0.3 is 5.32 Å². The van der Waals surface area contributed by atoms with Gasteiger partial charge in [-0.1, -0.05) is 31.4 Å². The van der Waals surface area contributed by atoms with Gasteiger partial charge in [-0.05, 0) is 48.6 Å². The second kappa shape index (κ2) is 6.99. The van der Waals surface area contributed by atoms with Gasteiger partial charge in [0.25, 0.3) is 0 Å². The molecule has 5 heteroatoms. The number of aromatic nitrogens is 4. The summed E-state index contributed by atoms with van der Waals surface area (Å²) in [6.45, 7) is 0.970. The summed E-state index contributed by atoms with van der Waals surface area (Å²) in [5, 5.41) is 9.22. The third kappa shape index (κ3) is 3.25. The number of hydrogen-bond acceptors (Lipinski definition) is 4. The van der Waals surface area contributed by atoms with Gasteiger partial charge in [-0.25, -0.2) is 9.50 Å². The number of pyridine rings is 1. The summed E-state index contributed by atoms with van der Waals surface area (Å²) in [6, 6.07) is 12.5. The minimum atomic E-state index is 0.706. The normalized spacial score (nSPS) is 15.4. The fourth-order valence-electron chi connectivity index (χ4n) is 4.10. The van der Waals surface area contributed by atoms with E-state index in [0.717, 1.165) is 40.0 Å². The molecule has 1 aliphatic carbocycles. The van der Waals surface area contributed by atoms with E-state index in [-0.39, 0.29) is 0 Å². The molecular weight excluding hydrogens is 334 g/mol. The molecule has 1 aliphatic rings. The molecule has 1 saturated carbocycles. The molecule has 1 aromatic carbocycles. The van der Waals surface area contributed by atoms with Crippen molar-refractivity contribution in [2.75, 3.05) is 11.9 Å². The molecule has 3 heterocycles. The van der Waals surface area contributed by atoms with Gasteiger partial charge in [0.1, 0.15) is 0 Å². The molecule has 136 valence electrons. The summed E-state index contributed by atoms with van der Waals surface area (Å²) in [4.78, 5) is 8.95. The van der Waals surface area contributed by atoms with E-state index in [1.165, 1.54) is 32.1 Å². The van der Waals surface area contributed by atoms with Crippen molar-refractivity contribution in [2.24, 2.45) is 5.92 Å². The lowest BCUT2D eigenvalue weighted by atomic mass is 9.89. The second-order valence-corrected chi connectivity index (χ2v) is 7.44. The number of nitrogens with zero attached hydrogens (tertiary/aromatic N) is 4. The van der Waals surface area contributed by atoms with E-state index in [1.54, 1.807) is 0 Å². The van der Waals surface area contributed by atoms with Crippen LogP contribution >= 0.6 is 0 Å². The van der Waals surface area contributed by atoms with Gasteiger partial charge in [0, 0.05) is 29.9 Å². The van der Waals surface area contributed by atoms with E-state index in [1.807, 2.05) is 29.2 Å². The van der Waals surface area contributed by atoms with Crippen LogP contribution in [0.3, 0.4) is 0 Å². The van der Waals surface area contributed by atoms with E-state index in [2.05, 4.69) is 50.7 Å². The van der Waals surface area contributed by atoms with Crippen molar-refractivity contribution in [3.63, 3.8) is 0 Å². The number of anilines is 1. The summed E-state index contributed by atoms with van der Waals surface area (Å²) in [7, 11) is 0. The van der Waals surface area contributed by atoms with Crippen molar-refractivity contribution in [2.45, 2.75) is 32.1 Å². The van der Waals surface area contributed by atoms with Gasteiger partial charge in [-0.2, -0.15) is 0 Å². The van der Waals surface area contributed by atoms with Crippen molar-refractivity contribution < 1.29 is 0 Å². The maximum absolute atomic E-state index is 4.65. The van der Waals surface area contributed by atoms with Crippen molar-refractivity contribution in [3.05, 3.63) is 55.0 Å². The Morgan fingerprint density at radius 2 is 1.96 bits per heavy atom. The third-order valence-electron chi connectivity index (χ3n) is 5.60. The number of nitrogens with one attached hydrogen (secondary N) is 1. The molecule has 0 unspecified atom stereocenters. The molecule has 1 N–H and O–H groups in total. The predicted molar refractivity (Wildman–Crippen MR) is 109 cm³/mol. The van der Waals surface area contributed by atoms with Gasteiger partial charge in [0.15, 0.2) is 0 Å². The molecule has 27 heavy (non-hydrogen) atoms. The minimum absolute atomic E-state index is 0.706. The topological polar surface area (TPSA) is 55.1 Å². The fourth-order valence-corrected chi connectivity index (χ4v) is 4.10. The highest BCUT2D eigenvalue weighted by Gasteiger charge is 2.14. The third-order valence-corrected chi connectivity index (χ3v) is 5.60. The fraction of sp³-hybridized carbons (Fsp3) is 0.318. The van der Waals surface area contributed by atoms with Crippen LogP contribution in [0.1, 0.15) is 32.1 Å². The van der Waals surface area contributed by atoms with Crippen LogP contribution in [0, 0.1) is 5.92 Å². The van der Waals surface area contributed by atoms with Crippen LogP contribution in [0.2, 0.25) is 0 Å². The van der Waals surface area contributed by atoms with Crippen LogP contribution in [0.25, 0.3) is 27.5 Å². The van der Waals surface area contributed by atoms with E-state index in [9.17, 15) is 0 Å². The molecule has 0 saturated heterocycles. The lowest BCUT2D eigenvalue weighted by Crippen LogP contribution is -2.18. The summed E-state index contributed by atoms with van der Waals surface area (Å²) in [5.41, 5.74) is 4.32. The maximum Gasteiger partial charge on any atom is 0.241 e. The van der Waals surface area contributed by atoms with Crippen molar-refractivity contribution in [1.29, 1.82) is 0 Å². The lowest BCUT2D eigenvalue weighted by molar-refractivity contribution is 0.373. The first kappa shape index (κ1) is 16.2. The molecule has 0 aliphatic heterocycles. The molecule has 1 fully saturated rings. The molecule has 0 spiro atoms. The largest absolute Gasteiger partial charge is 0.353 e. The van der Waals surface area contributed by atoms with E-state index in [4.69, 9.17) is 0 Å². The van der Waals surface area contributed by atoms with Crippen LogP contribution in [-0.2, 0) is 0 Å². The quantitative estimate of drug-likeness (QED) is 0.562. The molecule has 0 atom stereocenters. The molecule has 3 aromatic heterocycles. The SMILES string of the molecule is c1cnc2ccc(-c3ccn4nc(NCC5CCCCC5)ncc34)cc2c1. The van der Waals surface area contributed by atoms with Crippen molar-refractivity contribution in [3.8, 4) is 11.1 Å². The van der Waals surface area contributed by atoms with E-state index >= 15 is 0 Å². The van der Waals surface area contributed by atoms with Gasteiger partial charge in [0.05, 0.1) is 17.2 Å².